The minimum Gasteiger partial charge on any atom is -0.479 e. The monoisotopic (exact) mass is 623 g/mol. The Morgan fingerprint density at radius 2 is 1.73 bits per heavy atom. The molecular formula is C28H37N3O13. The van der Waals surface area contributed by atoms with Crippen molar-refractivity contribution >= 4 is 29.8 Å². The van der Waals surface area contributed by atoms with Gasteiger partial charge in [0.2, 0.25) is 12.2 Å². The highest BCUT2D eigenvalue weighted by molar-refractivity contribution is 6.13. The Morgan fingerprint density at radius 1 is 1.02 bits per heavy atom. The number of aryl methyl sites for hydroxylation is 1. The van der Waals surface area contributed by atoms with Crippen molar-refractivity contribution in [1.82, 2.24) is 15.1 Å². The lowest BCUT2D eigenvalue weighted by Crippen LogP contribution is -2.61. The molecule has 0 spiro atoms. The number of rotatable bonds is 15. The van der Waals surface area contributed by atoms with Gasteiger partial charge in [-0.15, -0.1) is 0 Å². The Labute approximate surface area is 252 Å². The van der Waals surface area contributed by atoms with Gasteiger partial charge in [0.1, 0.15) is 30.7 Å². The van der Waals surface area contributed by atoms with Gasteiger partial charge in [0.15, 0.2) is 6.10 Å². The molecule has 3 rings (SSSR count). The predicted octanol–water partition coefficient (Wildman–Crippen LogP) is -1.46. The molecule has 242 valence electrons. The van der Waals surface area contributed by atoms with E-state index in [2.05, 4.69) is 5.32 Å². The molecule has 0 aromatic heterocycles. The summed E-state index contributed by atoms with van der Waals surface area (Å²) in [5.41, 5.74) is 1.19. The van der Waals surface area contributed by atoms with Crippen molar-refractivity contribution in [2.45, 2.75) is 56.6 Å². The maximum absolute atomic E-state index is 12.0. The molecule has 0 saturated carbocycles. The number of carboxylic acids is 1. The third-order valence-electron chi connectivity index (χ3n) is 6.68. The zero-order chi connectivity index (χ0) is 32.4. The number of carbonyl (C=O) groups excluding carboxylic acids is 4. The minimum absolute atomic E-state index is 0.000283. The number of hydrogen-bond donors (Lipinski definition) is 5. The zero-order valence-electron chi connectivity index (χ0n) is 24.3. The van der Waals surface area contributed by atoms with E-state index >= 15 is 0 Å². The molecule has 44 heavy (non-hydrogen) atoms. The lowest BCUT2D eigenvalue weighted by Gasteiger charge is -2.38. The van der Waals surface area contributed by atoms with Crippen LogP contribution in [0.15, 0.2) is 30.4 Å². The number of amides is 4. The second-order valence-corrected chi connectivity index (χ2v) is 10.2. The van der Waals surface area contributed by atoms with E-state index in [4.69, 9.17) is 18.9 Å². The Hall–Kier alpha value is -4.09. The first-order valence-electron chi connectivity index (χ1n) is 13.8. The second kappa shape index (κ2) is 16.1. The number of aliphatic hydroxyl groups excluding tert-OH is 3. The van der Waals surface area contributed by atoms with Crippen LogP contribution in [0, 0.1) is 0 Å². The number of aliphatic carboxylic acids is 1. The van der Waals surface area contributed by atoms with E-state index in [9.17, 15) is 44.4 Å². The second-order valence-electron chi connectivity index (χ2n) is 10.2. The Kier molecular flexibility index (Phi) is 12.6. The van der Waals surface area contributed by atoms with Crippen LogP contribution in [0.25, 0.3) is 0 Å². The molecule has 1 fully saturated rings. The van der Waals surface area contributed by atoms with Crippen LogP contribution < -0.4 is 10.1 Å². The van der Waals surface area contributed by atoms with Gasteiger partial charge in [-0.2, -0.15) is 0 Å². The van der Waals surface area contributed by atoms with Crippen molar-refractivity contribution in [2.75, 3.05) is 40.4 Å². The first-order valence-corrected chi connectivity index (χ1v) is 13.8. The smallest absolute Gasteiger partial charge is 0.409 e. The molecule has 0 aliphatic carbocycles. The quantitative estimate of drug-likeness (QED) is 0.111. The molecule has 0 radical (unpaired) electrons. The molecule has 16 heteroatoms. The molecule has 1 aromatic rings. The van der Waals surface area contributed by atoms with Crippen molar-refractivity contribution in [3.05, 3.63) is 41.5 Å². The standard InChI is InChI=1S/C28H37N3O13/c1-30(2)28(40)42-15-17-14-16(5-6-18(17)43-27-24(37)22(35)23(36)25(44-27)26(38)39)4-3-12-41-13-10-29-19(32)9-11-31-20(33)7-8-21(31)34/h5-8,14,22-25,27,35-37H,3-4,9-13,15H2,1-2H3,(H,29,32)(H,38,39)/t22-,23-,24+,25-,27+/m0/s1. The van der Waals surface area contributed by atoms with Gasteiger partial charge in [-0.1, -0.05) is 6.07 Å². The van der Waals surface area contributed by atoms with E-state index in [0.717, 1.165) is 22.6 Å². The summed E-state index contributed by atoms with van der Waals surface area (Å²) in [5.74, 6) is -2.66. The van der Waals surface area contributed by atoms with E-state index < -0.39 is 54.6 Å². The number of hydrogen-bond acceptors (Lipinski definition) is 12. The van der Waals surface area contributed by atoms with Gasteiger partial charge in [-0.05, 0) is 30.5 Å². The molecule has 5 atom stereocenters. The van der Waals surface area contributed by atoms with Gasteiger partial charge in [0, 0.05) is 57.9 Å². The van der Waals surface area contributed by atoms with E-state index in [1.807, 2.05) is 0 Å². The molecule has 5 N–H and O–H groups in total. The van der Waals surface area contributed by atoms with Crippen molar-refractivity contribution in [3.8, 4) is 5.75 Å². The topological polar surface area (TPSA) is 222 Å². The summed E-state index contributed by atoms with van der Waals surface area (Å²) >= 11 is 0. The molecule has 1 saturated heterocycles. The summed E-state index contributed by atoms with van der Waals surface area (Å²) in [7, 11) is 3.01. The number of carbonyl (C=O) groups is 5. The van der Waals surface area contributed by atoms with Crippen LogP contribution in [0.1, 0.15) is 24.0 Å². The number of aliphatic hydroxyl groups is 3. The van der Waals surface area contributed by atoms with Crippen LogP contribution in [0.4, 0.5) is 4.79 Å². The predicted molar refractivity (Wildman–Crippen MR) is 148 cm³/mol. The van der Waals surface area contributed by atoms with Gasteiger partial charge in [0.05, 0.1) is 6.61 Å². The fraction of sp³-hybridized carbons (Fsp3) is 0.536. The van der Waals surface area contributed by atoms with Crippen molar-refractivity contribution in [3.63, 3.8) is 0 Å². The minimum atomic E-state index is -1.87. The van der Waals surface area contributed by atoms with Crippen molar-refractivity contribution in [2.24, 2.45) is 0 Å². The van der Waals surface area contributed by atoms with Gasteiger partial charge in [-0.3, -0.25) is 19.3 Å². The van der Waals surface area contributed by atoms with Crippen molar-refractivity contribution < 1.29 is 63.3 Å². The average Bonchev–Trinajstić information content (AvgIpc) is 3.31. The lowest BCUT2D eigenvalue weighted by atomic mass is 9.99. The molecule has 16 nitrogen and oxygen atoms in total. The van der Waals surface area contributed by atoms with Crippen LogP contribution >= 0.6 is 0 Å². The third-order valence-corrected chi connectivity index (χ3v) is 6.68. The molecule has 4 amide bonds. The Bertz CT molecular complexity index is 1220. The van der Waals surface area contributed by atoms with Crippen LogP contribution in [0.2, 0.25) is 0 Å². The Morgan fingerprint density at radius 3 is 2.39 bits per heavy atom. The number of nitrogens with zero attached hydrogens (tertiary/aromatic N) is 2. The number of nitrogens with one attached hydrogen (secondary N) is 1. The summed E-state index contributed by atoms with van der Waals surface area (Å²) < 4.78 is 21.7. The van der Waals surface area contributed by atoms with Crippen LogP contribution in [0.5, 0.6) is 5.75 Å². The summed E-state index contributed by atoms with van der Waals surface area (Å²) in [6.45, 7) is 0.619. The number of ether oxygens (including phenoxy) is 4. The van der Waals surface area contributed by atoms with Gasteiger partial charge < -0.3 is 49.6 Å². The first-order chi connectivity index (χ1) is 20.9. The normalized spacial score (nSPS) is 23.0. The number of carboxylic acid groups (broad SMARTS) is 1. The Balaban J connectivity index is 1.49. The summed E-state index contributed by atoms with van der Waals surface area (Å²) in [6.07, 6.45) is -6.17. The molecule has 1 aromatic carbocycles. The van der Waals surface area contributed by atoms with E-state index in [0.29, 0.717) is 25.0 Å². The fourth-order valence-electron chi connectivity index (χ4n) is 4.26. The van der Waals surface area contributed by atoms with Gasteiger partial charge >= 0.3 is 12.1 Å². The number of imide groups is 1. The maximum Gasteiger partial charge on any atom is 0.409 e. The highest BCUT2D eigenvalue weighted by Gasteiger charge is 2.48. The van der Waals surface area contributed by atoms with Crippen LogP contribution in [0.3, 0.4) is 0 Å². The van der Waals surface area contributed by atoms with Crippen LogP contribution in [-0.4, -0.2) is 131 Å². The van der Waals surface area contributed by atoms with E-state index in [1.54, 1.807) is 12.1 Å². The summed E-state index contributed by atoms with van der Waals surface area (Å²) in [5, 5.41) is 42.3. The van der Waals surface area contributed by atoms with Crippen molar-refractivity contribution in [1.29, 1.82) is 0 Å². The molecule has 0 bridgehead atoms. The molecular weight excluding hydrogens is 586 g/mol. The van der Waals surface area contributed by atoms with Gasteiger partial charge in [0.25, 0.3) is 11.8 Å². The van der Waals surface area contributed by atoms with Crippen LogP contribution in [-0.2, 0) is 46.4 Å². The van der Waals surface area contributed by atoms with E-state index in [1.165, 1.54) is 25.1 Å². The largest absolute Gasteiger partial charge is 0.479 e. The molecule has 0 unspecified atom stereocenters. The maximum atomic E-state index is 12.0. The highest BCUT2D eigenvalue weighted by atomic mass is 16.7. The average molecular weight is 624 g/mol. The fourth-order valence-corrected chi connectivity index (χ4v) is 4.26. The van der Waals surface area contributed by atoms with Gasteiger partial charge in [-0.25, -0.2) is 9.59 Å². The van der Waals surface area contributed by atoms with E-state index in [-0.39, 0.29) is 44.4 Å². The summed E-state index contributed by atoms with van der Waals surface area (Å²) in [4.78, 5) is 60.6. The third kappa shape index (κ3) is 9.45. The SMILES string of the molecule is CN(C)C(=O)OCc1cc(CCCOCCNC(=O)CCN2C(=O)C=CC2=O)ccc1O[C@@H]1O[C@H](C(=O)O)[C@@H](O)[C@H](O)[C@H]1O. The lowest BCUT2D eigenvalue weighted by molar-refractivity contribution is -0.271. The molecule has 2 aliphatic heterocycles. The zero-order valence-corrected chi connectivity index (χ0v) is 24.3. The first kappa shape index (κ1) is 34.4. The highest BCUT2D eigenvalue weighted by Crippen LogP contribution is 2.28. The summed E-state index contributed by atoms with van der Waals surface area (Å²) in [6, 6.07) is 4.92. The molecule has 2 aliphatic rings. The number of benzene rings is 1. The molecule has 2 heterocycles.